The summed E-state index contributed by atoms with van der Waals surface area (Å²) in [6.07, 6.45) is 0. The van der Waals surface area contributed by atoms with Crippen LogP contribution in [0.1, 0.15) is 10.4 Å². The van der Waals surface area contributed by atoms with Crippen LogP contribution < -0.4 is 15.0 Å². The van der Waals surface area contributed by atoms with Crippen LogP contribution in [0.3, 0.4) is 0 Å². The van der Waals surface area contributed by atoms with Crippen molar-refractivity contribution in [2.24, 2.45) is 5.18 Å². The number of hydrogen-bond donors (Lipinski definition) is 1. The van der Waals surface area contributed by atoms with E-state index in [4.69, 9.17) is 4.74 Å². The second-order valence-electron chi connectivity index (χ2n) is 7.07. The number of carbonyl (C=O) groups excluding carboxylic acids is 1. The first-order valence-corrected chi connectivity index (χ1v) is 10.3. The maximum Gasteiger partial charge on any atom is 0.255 e. The molecule has 0 aliphatic carbocycles. The van der Waals surface area contributed by atoms with Gasteiger partial charge in [0.2, 0.25) is 0 Å². The van der Waals surface area contributed by atoms with E-state index in [-0.39, 0.29) is 11.6 Å². The van der Waals surface area contributed by atoms with Crippen LogP contribution in [-0.4, -0.2) is 32.1 Å². The Morgan fingerprint density at radius 1 is 1.06 bits per heavy atom. The van der Waals surface area contributed by atoms with Crippen molar-refractivity contribution in [3.05, 3.63) is 71.1 Å². The Morgan fingerprint density at radius 2 is 1.84 bits per heavy atom. The van der Waals surface area contributed by atoms with Gasteiger partial charge in [0.25, 0.3) is 5.91 Å². The Labute approximate surface area is 183 Å². The van der Waals surface area contributed by atoms with E-state index in [9.17, 15) is 9.70 Å². The maximum absolute atomic E-state index is 12.6. The number of thiazole rings is 1. The number of rotatable bonds is 6. The molecule has 0 aliphatic heterocycles. The molecule has 31 heavy (non-hydrogen) atoms. The number of nitrogens with zero attached hydrogens (tertiary/aromatic N) is 3. The van der Waals surface area contributed by atoms with Crippen LogP contribution in [0.4, 0.5) is 17.1 Å². The lowest BCUT2D eigenvalue weighted by atomic mass is 10.1. The predicted molar refractivity (Wildman–Crippen MR) is 126 cm³/mol. The first kappa shape index (κ1) is 20.5. The highest BCUT2D eigenvalue weighted by Crippen LogP contribution is 2.33. The van der Waals surface area contributed by atoms with Gasteiger partial charge in [-0.1, -0.05) is 0 Å². The number of carbonyl (C=O) groups is 1. The van der Waals surface area contributed by atoms with Crippen molar-refractivity contribution < 1.29 is 9.53 Å². The van der Waals surface area contributed by atoms with Gasteiger partial charge in [0, 0.05) is 30.9 Å². The van der Waals surface area contributed by atoms with E-state index in [0.29, 0.717) is 16.9 Å². The van der Waals surface area contributed by atoms with E-state index in [1.54, 1.807) is 35.5 Å². The third-order valence-corrected chi connectivity index (χ3v) is 5.87. The summed E-state index contributed by atoms with van der Waals surface area (Å²) < 4.78 is 6.32. The van der Waals surface area contributed by atoms with E-state index < -0.39 is 0 Å². The average Bonchev–Trinajstić information content (AvgIpc) is 3.22. The normalized spacial score (nSPS) is 10.7. The molecule has 0 spiro atoms. The summed E-state index contributed by atoms with van der Waals surface area (Å²) in [7, 11) is 5.27. The number of benzene rings is 3. The van der Waals surface area contributed by atoms with Gasteiger partial charge in [0.05, 0.1) is 23.0 Å². The third-order valence-electron chi connectivity index (χ3n) is 4.80. The second-order valence-corrected chi connectivity index (χ2v) is 8.10. The lowest BCUT2D eigenvalue weighted by molar-refractivity contribution is 0.102. The Balaban J connectivity index is 1.52. The minimum absolute atomic E-state index is 0.223. The van der Waals surface area contributed by atoms with Crippen molar-refractivity contribution in [2.45, 2.75) is 0 Å². The molecule has 1 N–H and O–H groups in total. The number of nitrogens with one attached hydrogen (secondary N) is 1. The minimum Gasteiger partial charge on any atom is -0.497 e. The molecule has 156 valence electrons. The quantitative estimate of drug-likeness (QED) is 0.396. The van der Waals surface area contributed by atoms with Crippen LogP contribution >= 0.6 is 11.3 Å². The summed E-state index contributed by atoms with van der Waals surface area (Å²) in [5, 5.41) is 6.77. The van der Waals surface area contributed by atoms with Crippen molar-refractivity contribution in [1.29, 1.82) is 0 Å². The molecule has 0 saturated heterocycles. The molecule has 0 aliphatic rings. The summed E-state index contributed by atoms with van der Waals surface area (Å²) in [5.74, 6) is 0.488. The van der Waals surface area contributed by atoms with Crippen LogP contribution in [-0.2, 0) is 0 Å². The molecular weight excluding hydrogens is 412 g/mol. The number of aromatic nitrogens is 1. The highest BCUT2D eigenvalue weighted by molar-refractivity contribution is 7.21. The summed E-state index contributed by atoms with van der Waals surface area (Å²) in [6, 6.07) is 18.1. The largest absolute Gasteiger partial charge is 0.497 e. The van der Waals surface area contributed by atoms with E-state index in [1.807, 2.05) is 56.6 Å². The first-order valence-electron chi connectivity index (χ1n) is 9.49. The summed E-state index contributed by atoms with van der Waals surface area (Å²) in [5.41, 5.74) is 3.77. The van der Waals surface area contributed by atoms with Gasteiger partial charge in [-0.15, -0.1) is 16.2 Å². The first-order chi connectivity index (χ1) is 15.0. The number of methoxy groups -OCH3 is 1. The van der Waals surface area contributed by atoms with E-state index >= 15 is 0 Å². The highest BCUT2D eigenvalue weighted by Gasteiger charge is 2.13. The van der Waals surface area contributed by atoms with Crippen LogP contribution in [0.15, 0.2) is 65.8 Å². The predicted octanol–water partition coefficient (Wildman–Crippen LogP) is 5.69. The van der Waals surface area contributed by atoms with Gasteiger partial charge in [0.15, 0.2) is 0 Å². The van der Waals surface area contributed by atoms with Crippen molar-refractivity contribution in [3.8, 4) is 16.3 Å². The molecule has 1 amide bonds. The standard InChI is InChI=1S/C23H20N4O3S/c1-27(2)20-11-6-15(12-19(20)26-29)22(28)24-16-7-4-14(5-8-16)23-25-18-10-9-17(30-3)13-21(18)31-23/h4-13H,1-3H3,(H,24,28). The fraction of sp³-hybridized carbons (Fsp3) is 0.130. The second kappa shape index (κ2) is 8.53. The Hall–Kier alpha value is -3.78. The molecule has 1 aromatic heterocycles. The highest BCUT2D eigenvalue weighted by atomic mass is 32.1. The zero-order chi connectivity index (χ0) is 22.0. The molecule has 7 nitrogen and oxygen atoms in total. The molecule has 0 atom stereocenters. The van der Waals surface area contributed by atoms with Crippen LogP contribution in [0.5, 0.6) is 5.75 Å². The van der Waals surface area contributed by atoms with Gasteiger partial charge in [-0.05, 0) is 65.8 Å². The van der Waals surface area contributed by atoms with Gasteiger partial charge >= 0.3 is 0 Å². The summed E-state index contributed by atoms with van der Waals surface area (Å²) in [4.78, 5) is 30.2. The molecule has 0 fully saturated rings. The summed E-state index contributed by atoms with van der Waals surface area (Å²) >= 11 is 1.58. The van der Waals surface area contributed by atoms with E-state index in [0.717, 1.165) is 26.5 Å². The number of hydrogen-bond acceptors (Lipinski definition) is 7. The maximum atomic E-state index is 12.6. The molecule has 0 saturated carbocycles. The minimum atomic E-state index is -0.310. The smallest absolute Gasteiger partial charge is 0.255 e. The van der Waals surface area contributed by atoms with Gasteiger partial charge in [-0.25, -0.2) is 4.98 Å². The van der Waals surface area contributed by atoms with Crippen LogP contribution in [0, 0.1) is 4.91 Å². The van der Waals surface area contributed by atoms with Gasteiger partial charge in [0.1, 0.15) is 16.4 Å². The molecule has 0 bridgehead atoms. The number of anilines is 2. The Morgan fingerprint density at radius 3 is 2.52 bits per heavy atom. The van der Waals surface area contributed by atoms with E-state index in [2.05, 4.69) is 15.5 Å². The van der Waals surface area contributed by atoms with Crippen molar-refractivity contribution >= 4 is 44.5 Å². The topological polar surface area (TPSA) is 83.9 Å². The third kappa shape index (κ3) is 4.24. The SMILES string of the molecule is COc1ccc2nc(-c3ccc(NC(=O)c4ccc(N(C)C)c(N=O)c4)cc3)sc2c1. The zero-order valence-electron chi connectivity index (χ0n) is 17.2. The average molecular weight is 433 g/mol. The molecule has 8 heteroatoms. The fourth-order valence-electron chi connectivity index (χ4n) is 3.17. The lowest BCUT2D eigenvalue weighted by Crippen LogP contribution is -2.13. The van der Waals surface area contributed by atoms with Crippen LogP contribution in [0.2, 0.25) is 0 Å². The number of amides is 1. The van der Waals surface area contributed by atoms with Crippen molar-refractivity contribution in [3.63, 3.8) is 0 Å². The molecule has 1 heterocycles. The van der Waals surface area contributed by atoms with Gasteiger partial charge in [-0.3, -0.25) is 4.79 Å². The Kier molecular flexibility index (Phi) is 5.64. The summed E-state index contributed by atoms with van der Waals surface area (Å²) in [6.45, 7) is 0. The van der Waals surface area contributed by atoms with Crippen molar-refractivity contribution in [1.82, 2.24) is 4.98 Å². The molecule has 4 rings (SSSR count). The molecule has 4 aromatic rings. The van der Waals surface area contributed by atoms with Crippen molar-refractivity contribution in [2.75, 3.05) is 31.4 Å². The van der Waals surface area contributed by atoms with Gasteiger partial charge < -0.3 is 15.0 Å². The number of fused-ring (bicyclic) bond motifs is 1. The van der Waals surface area contributed by atoms with Gasteiger partial charge in [-0.2, -0.15) is 0 Å². The van der Waals surface area contributed by atoms with E-state index in [1.165, 1.54) is 6.07 Å². The molecular formula is C23H20N4O3S. The zero-order valence-corrected chi connectivity index (χ0v) is 18.1. The molecule has 0 unspecified atom stereocenters. The molecule has 3 aromatic carbocycles. The monoisotopic (exact) mass is 432 g/mol. The molecule has 0 radical (unpaired) electrons. The Bertz CT molecular complexity index is 1270. The number of nitroso groups, excluding NO2 is 1. The van der Waals surface area contributed by atoms with Crippen LogP contribution in [0.25, 0.3) is 20.8 Å². The lowest BCUT2D eigenvalue weighted by Gasteiger charge is -2.14. The fourth-order valence-corrected chi connectivity index (χ4v) is 4.17. The number of ether oxygens (including phenoxy) is 1.